The lowest BCUT2D eigenvalue weighted by Crippen LogP contribution is -2.11. The van der Waals surface area contributed by atoms with Gasteiger partial charge >= 0.3 is 5.97 Å². The Hall–Kier alpha value is -1.95. The van der Waals surface area contributed by atoms with E-state index in [1.165, 1.54) is 43.9 Å². The van der Waals surface area contributed by atoms with E-state index in [-0.39, 0.29) is 11.2 Å². The number of amides is 1. The van der Waals surface area contributed by atoms with Gasteiger partial charge in [0.05, 0.1) is 13.7 Å². The third-order valence-corrected chi connectivity index (χ3v) is 5.94. The molecule has 1 saturated heterocycles. The summed E-state index contributed by atoms with van der Waals surface area (Å²) in [6.07, 6.45) is 11.0. The molecule has 1 aliphatic carbocycles. The number of methoxy groups -OCH3 is 1. The smallest absolute Gasteiger partial charge is 0.311 e. The molecule has 0 aromatic heterocycles. The maximum atomic E-state index is 12.2. The second kappa shape index (κ2) is 9.83. The van der Waals surface area contributed by atoms with E-state index in [4.69, 9.17) is 9.47 Å². The van der Waals surface area contributed by atoms with Crippen LogP contribution in [0.25, 0.3) is 6.08 Å². The lowest BCUT2D eigenvalue weighted by molar-refractivity contribution is -0.134. The van der Waals surface area contributed by atoms with Crippen LogP contribution in [0.2, 0.25) is 0 Å². The summed E-state index contributed by atoms with van der Waals surface area (Å²) in [5.74, 6) is 1.53. The lowest BCUT2D eigenvalue weighted by atomic mass is 9.86. The maximum absolute atomic E-state index is 12.2. The number of esters is 1. The van der Waals surface area contributed by atoms with Gasteiger partial charge in [0.15, 0.2) is 11.5 Å². The third-order valence-electron chi connectivity index (χ3n) is 5.09. The van der Waals surface area contributed by atoms with Crippen LogP contribution in [0.15, 0.2) is 23.1 Å². The monoisotopic (exact) mass is 389 g/mol. The summed E-state index contributed by atoms with van der Waals surface area (Å²) < 4.78 is 10.9. The van der Waals surface area contributed by atoms with Crippen LogP contribution in [0.5, 0.6) is 11.5 Å². The summed E-state index contributed by atoms with van der Waals surface area (Å²) in [5, 5.41) is 2.72. The van der Waals surface area contributed by atoms with Gasteiger partial charge in [-0.2, -0.15) is 0 Å². The first-order valence-electron chi connectivity index (χ1n) is 9.69. The van der Waals surface area contributed by atoms with E-state index in [0.29, 0.717) is 24.5 Å². The first-order valence-corrected chi connectivity index (χ1v) is 10.5. The number of thioether (sulfide) groups is 1. The number of hydrogen-bond donors (Lipinski definition) is 1. The topological polar surface area (TPSA) is 64.6 Å². The van der Waals surface area contributed by atoms with E-state index >= 15 is 0 Å². The second-order valence-corrected chi connectivity index (χ2v) is 8.23. The van der Waals surface area contributed by atoms with Crippen molar-refractivity contribution in [3.05, 3.63) is 28.7 Å². The van der Waals surface area contributed by atoms with E-state index < -0.39 is 0 Å². The molecule has 0 unspecified atom stereocenters. The highest BCUT2D eigenvalue weighted by atomic mass is 32.2. The Labute approximate surface area is 164 Å². The van der Waals surface area contributed by atoms with Crippen molar-refractivity contribution in [3.63, 3.8) is 0 Å². The first-order chi connectivity index (χ1) is 13.1. The zero-order valence-electron chi connectivity index (χ0n) is 15.8. The summed E-state index contributed by atoms with van der Waals surface area (Å²) >= 11 is 1.19. The van der Waals surface area contributed by atoms with Gasteiger partial charge in [0.2, 0.25) is 0 Å². The van der Waals surface area contributed by atoms with Crippen molar-refractivity contribution in [1.29, 1.82) is 0 Å². The number of rotatable bonds is 7. The maximum Gasteiger partial charge on any atom is 0.311 e. The number of benzene rings is 1. The largest absolute Gasteiger partial charge is 0.493 e. The van der Waals surface area contributed by atoms with Crippen molar-refractivity contribution in [2.75, 3.05) is 13.7 Å². The Morgan fingerprint density at radius 3 is 2.78 bits per heavy atom. The number of ether oxygens (including phenoxy) is 2. The average molecular weight is 390 g/mol. The third kappa shape index (κ3) is 6.03. The number of nitrogens with one attached hydrogen (secondary N) is 1. The molecule has 0 spiro atoms. The van der Waals surface area contributed by atoms with Gasteiger partial charge in [-0.15, -0.1) is 0 Å². The lowest BCUT2D eigenvalue weighted by Gasteiger charge is -2.21. The standard InChI is InChI=1S/C21H27NO4S/c1-25-19-13-16(12-17-14-22-21(24)27-17)10-11-18(19)26-20(23)9-5-8-15-6-3-2-4-7-15/h10-13,15H,2-9,14H2,1H3,(H,22,24)/b17-12-. The zero-order valence-corrected chi connectivity index (χ0v) is 16.6. The van der Waals surface area contributed by atoms with Gasteiger partial charge in [-0.25, -0.2) is 0 Å². The Morgan fingerprint density at radius 1 is 1.26 bits per heavy atom. The molecule has 1 aromatic carbocycles. The van der Waals surface area contributed by atoms with Crippen LogP contribution in [0.3, 0.4) is 0 Å². The van der Waals surface area contributed by atoms with Gasteiger partial charge in [-0.1, -0.05) is 38.2 Å². The molecule has 1 heterocycles. The Kier molecular flexibility index (Phi) is 7.21. The predicted octanol–water partition coefficient (Wildman–Crippen LogP) is 5.15. The minimum absolute atomic E-state index is 0.0352. The summed E-state index contributed by atoms with van der Waals surface area (Å²) in [6, 6.07) is 5.43. The Bertz CT molecular complexity index is 710. The van der Waals surface area contributed by atoms with Gasteiger partial charge in [0, 0.05) is 11.3 Å². The minimum Gasteiger partial charge on any atom is -0.493 e. The highest BCUT2D eigenvalue weighted by Gasteiger charge is 2.17. The highest BCUT2D eigenvalue weighted by Crippen LogP contribution is 2.32. The quantitative estimate of drug-likeness (QED) is 0.516. The highest BCUT2D eigenvalue weighted by molar-refractivity contribution is 8.17. The van der Waals surface area contributed by atoms with Crippen LogP contribution in [-0.4, -0.2) is 24.9 Å². The number of carbonyl (C=O) groups excluding carboxylic acids is 2. The van der Waals surface area contributed by atoms with Gasteiger partial charge in [-0.3, -0.25) is 9.59 Å². The fourth-order valence-electron chi connectivity index (χ4n) is 3.66. The van der Waals surface area contributed by atoms with Crippen LogP contribution >= 0.6 is 11.8 Å². The molecule has 146 valence electrons. The van der Waals surface area contributed by atoms with E-state index in [2.05, 4.69) is 5.32 Å². The van der Waals surface area contributed by atoms with Gasteiger partial charge in [-0.05, 0) is 54.3 Å². The number of hydrogen-bond acceptors (Lipinski definition) is 5. The van der Waals surface area contributed by atoms with Crippen LogP contribution in [0.4, 0.5) is 4.79 Å². The SMILES string of the molecule is COc1cc(/C=C2/CNC(=O)S2)ccc1OC(=O)CCCC1CCCCC1. The summed E-state index contributed by atoms with van der Waals surface area (Å²) in [6.45, 7) is 0.545. The molecule has 1 saturated carbocycles. The fraction of sp³-hybridized carbons (Fsp3) is 0.524. The molecule has 5 nitrogen and oxygen atoms in total. The molecule has 27 heavy (non-hydrogen) atoms. The van der Waals surface area contributed by atoms with Crippen molar-refractivity contribution in [2.45, 2.75) is 51.4 Å². The summed E-state index contributed by atoms with van der Waals surface area (Å²) in [7, 11) is 1.56. The van der Waals surface area contributed by atoms with Gasteiger partial charge in [0.1, 0.15) is 0 Å². The molecule has 0 bridgehead atoms. The fourth-order valence-corrected chi connectivity index (χ4v) is 4.38. The molecular formula is C21H27NO4S. The molecule has 1 aliphatic heterocycles. The second-order valence-electron chi connectivity index (χ2n) is 7.13. The van der Waals surface area contributed by atoms with Gasteiger partial charge < -0.3 is 14.8 Å². The molecule has 1 aromatic rings. The van der Waals surface area contributed by atoms with Crippen molar-refractivity contribution < 1.29 is 19.1 Å². The minimum atomic E-state index is -0.212. The Morgan fingerprint density at radius 2 is 2.07 bits per heavy atom. The van der Waals surface area contributed by atoms with Crippen LogP contribution in [-0.2, 0) is 4.79 Å². The molecule has 1 amide bonds. The first kappa shape index (κ1) is 19.8. The van der Waals surface area contributed by atoms with E-state index in [1.807, 2.05) is 18.2 Å². The zero-order chi connectivity index (χ0) is 19.1. The van der Waals surface area contributed by atoms with Crippen molar-refractivity contribution in [2.24, 2.45) is 5.92 Å². The Balaban J connectivity index is 1.52. The van der Waals surface area contributed by atoms with Crippen LogP contribution in [0.1, 0.15) is 56.9 Å². The predicted molar refractivity (Wildman–Crippen MR) is 108 cm³/mol. The van der Waals surface area contributed by atoms with Crippen molar-refractivity contribution in [3.8, 4) is 11.5 Å². The molecular weight excluding hydrogens is 362 g/mol. The van der Waals surface area contributed by atoms with E-state index in [1.54, 1.807) is 13.2 Å². The molecule has 1 N–H and O–H groups in total. The normalized spacial score (nSPS) is 19.1. The van der Waals surface area contributed by atoms with Crippen molar-refractivity contribution in [1.82, 2.24) is 5.32 Å². The summed E-state index contributed by atoms with van der Waals surface area (Å²) in [4.78, 5) is 24.4. The molecule has 0 radical (unpaired) electrons. The van der Waals surface area contributed by atoms with Crippen molar-refractivity contribution >= 4 is 29.0 Å². The van der Waals surface area contributed by atoms with Crippen LogP contribution < -0.4 is 14.8 Å². The molecule has 0 atom stereocenters. The average Bonchev–Trinajstić information content (AvgIpc) is 3.08. The molecule has 3 rings (SSSR count). The van der Waals surface area contributed by atoms with E-state index in [9.17, 15) is 9.59 Å². The van der Waals surface area contributed by atoms with Crippen LogP contribution in [0, 0.1) is 5.92 Å². The molecule has 6 heteroatoms. The number of carbonyl (C=O) groups is 2. The van der Waals surface area contributed by atoms with E-state index in [0.717, 1.165) is 29.2 Å². The molecule has 2 fully saturated rings. The summed E-state index contributed by atoms with van der Waals surface area (Å²) in [5.41, 5.74) is 0.906. The van der Waals surface area contributed by atoms with Gasteiger partial charge in [0.25, 0.3) is 5.24 Å². The molecule has 2 aliphatic rings.